The fourth-order valence-electron chi connectivity index (χ4n) is 2.65. The third-order valence-corrected chi connectivity index (χ3v) is 4.73. The Morgan fingerprint density at radius 2 is 1.81 bits per heavy atom. The third-order valence-electron chi connectivity index (χ3n) is 3.79. The predicted octanol–water partition coefficient (Wildman–Crippen LogP) is 4.98. The molecule has 3 N–H and O–H groups in total. The van der Waals surface area contributed by atoms with Gasteiger partial charge in [-0.05, 0) is 61.4 Å². The Labute approximate surface area is 180 Å². The van der Waals surface area contributed by atoms with Gasteiger partial charge in [0.2, 0.25) is 0 Å². The third kappa shape index (κ3) is 5.93. The van der Waals surface area contributed by atoms with Crippen LogP contribution in [0, 0.1) is 13.8 Å². The van der Waals surface area contributed by atoms with Gasteiger partial charge in [0.15, 0.2) is 5.96 Å². The Balaban J connectivity index is 0.00000261. The van der Waals surface area contributed by atoms with E-state index in [0.29, 0.717) is 12.5 Å². The SMILES string of the molecule is COc1ccc(-c2nc(CN=C(N)Nc3cc(C)cc(C)c3)cs2)cc1.I. The first-order chi connectivity index (χ1) is 12.5. The fraction of sp³-hybridized carbons (Fsp3) is 0.200. The minimum Gasteiger partial charge on any atom is -0.497 e. The average molecular weight is 494 g/mol. The standard InChI is InChI=1S/C20H22N4OS.HI/c1-13-8-14(2)10-16(9-13)24-20(21)22-11-17-12-26-19(23-17)15-4-6-18(25-3)7-5-15;/h4-10,12H,11H2,1-3H3,(H3,21,22,24);1H. The molecule has 142 valence electrons. The summed E-state index contributed by atoms with van der Waals surface area (Å²) in [5, 5.41) is 6.10. The molecule has 2 aromatic carbocycles. The second-order valence-electron chi connectivity index (χ2n) is 6.08. The van der Waals surface area contributed by atoms with E-state index >= 15 is 0 Å². The highest BCUT2D eigenvalue weighted by molar-refractivity contribution is 14.0. The number of rotatable bonds is 5. The monoisotopic (exact) mass is 494 g/mol. The van der Waals surface area contributed by atoms with Crippen molar-refractivity contribution in [1.82, 2.24) is 4.98 Å². The van der Waals surface area contributed by atoms with Crippen LogP contribution < -0.4 is 15.8 Å². The number of benzene rings is 2. The lowest BCUT2D eigenvalue weighted by atomic mass is 10.1. The minimum absolute atomic E-state index is 0. The summed E-state index contributed by atoms with van der Waals surface area (Å²) < 4.78 is 5.18. The molecule has 1 aromatic heterocycles. The Morgan fingerprint density at radius 1 is 1.15 bits per heavy atom. The Bertz CT molecular complexity index is 902. The van der Waals surface area contributed by atoms with Crippen molar-refractivity contribution in [2.45, 2.75) is 20.4 Å². The van der Waals surface area contributed by atoms with Crippen LogP contribution in [0.15, 0.2) is 52.8 Å². The molecule has 0 radical (unpaired) electrons. The van der Waals surface area contributed by atoms with Gasteiger partial charge < -0.3 is 15.8 Å². The maximum absolute atomic E-state index is 6.00. The van der Waals surface area contributed by atoms with Crippen molar-refractivity contribution in [3.63, 3.8) is 0 Å². The molecule has 0 saturated heterocycles. The van der Waals surface area contributed by atoms with E-state index in [1.807, 2.05) is 41.8 Å². The van der Waals surface area contributed by atoms with Gasteiger partial charge in [0, 0.05) is 16.6 Å². The number of nitrogens with zero attached hydrogens (tertiary/aromatic N) is 2. The number of hydrogen-bond donors (Lipinski definition) is 2. The summed E-state index contributed by atoms with van der Waals surface area (Å²) >= 11 is 1.59. The average Bonchev–Trinajstić information content (AvgIpc) is 3.08. The molecule has 0 aliphatic rings. The van der Waals surface area contributed by atoms with E-state index in [9.17, 15) is 0 Å². The normalized spacial score (nSPS) is 11.0. The van der Waals surface area contributed by atoms with Crippen LogP contribution in [0.3, 0.4) is 0 Å². The molecule has 0 spiro atoms. The number of ether oxygens (including phenoxy) is 1. The number of guanidine groups is 1. The van der Waals surface area contributed by atoms with Crippen LogP contribution in [0.25, 0.3) is 10.6 Å². The molecule has 0 unspecified atom stereocenters. The molecular formula is C20H23IN4OS. The topological polar surface area (TPSA) is 72.5 Å². The number of halogens is 1. The summed E-state index contributed by atoms with van der Waals surface area (Å²) in [5.74, 6) is 1.22. The number of nitrogens with one attached hydrogen (secondary N) is 1. The number of aliphatic imine (C=N–C) groups is 1. The number of hydrogen-bond acceptors (Lipinski definition) is 4. The van der Waals surface area contributed by atoms with Gasteiger partial charge in [-0.1, -0.05) is 6.07 Å². The summed E-state index contributed by atoms with van der Waals surface area (Å²) in [4.78, 5) is 9.02. The van der Waals surface area contributed by atoms with Gasteiger partial charge in [0.05, 0.1) is 19.3 Å². The molecule has 3 rings (SSSR count). The second-order valence-corrected chi connectivity index (χ2v) is 6.93. The predicted molar refractivity (Wildman–Crippen MR) is 124 cm³/mol. The molecule has 0 aliphatic carbocycles. The Kier molecular flexibility index (Phi) is 7.61. The van der Waals surface area contributed by atoms with Gasteiger partial charge in [0.1, 0.15) is 10.8 Å². The van der Waals surface area contributed by atoms with E-state index in [4.69, 9.17) is 10.5 Å². The van der Waals surface area contributed by atoms with Crippen molar-refractivity contribution < 1.29 is 4.74 Å². The maximum Gasteiger partial charge on any atom is 0.193 e. The number of nitrogens with two attached hydrogens (primary N) is 1. The zero-order chi connectivity index (χ0) is 18.5. The molecule has 0 amide bonds. The van der Waals surface area contributed by atoms with Crippen molar-refractivity contribution >= 4 is 47.0 Å². The fourth-order valence-corrected chi connectivity index (χ4v) is 3.46. The smallest absolute Gasteiger partial charge is 0.193 e. The van der Waals surface area contributed by atoms with Gasteiger partial charge >= 0.3 is 0 Å². The molecule has 0 fully saturated rings. The maximum atomic E-state index is 6.00. The van der Waals surface area contributed by atoms with E-state index < -0.39 is 0 Å². The van der Waals surface area contributed by atoms with Crippen molar-refractivity contribution in [3.8, 4) is 16.3 Å². The molecule has 0 aliphatic heterocycles. The number of methoxy groups -OCH3 is 1. The summed E-state index contributed by atoms with van der Waals surface area (Å²) in [6, 6.07) is 14.1. The molecular weight excluding hydrogens is 471 g/mol. The molecule has 27 heavy (non-hydrogen) atoms. The second kappa shape index (κ2) is 9.70. The van der Waals surface area contributed by atoms with Crippen LogP contribution in [0.2, 0.25) is 0 Å². The Morgan fingerprint density at radius 3 is 2.44 bits per heavy atom. The zero-order valence-electron chi connectivity index (χ0n) is 15.5. The van der Waals surface area contributed by atoms with E-state index in [1.165, 1.54) is 11.1 Å². The lowest BCUT2D eigenvalue weighted by Gasteiger charge is -2.07. The van der Waals surface area contributed by atoms with Crippen LogP contribution in [-0.4, -0.2) is 18.1 Å². The first-order valence-corrected chi connectivity index (χ1v) is 9.15. The lowest BCUT2D eigenvalue weighted by Crippen LogP contribution is -2.22. The van der Waals surface area contributed by atoms with Crippen LogP contribution in [-0.2, 0) is 6.54 Å². The van der Waals surface area contributed by atoms with Gasteiger partial charge in [-0.3, -0.25) is 0 Å². The molecule has 7 heteroatoms. The molecule has 1 heterocycles. The first kappa shape index (κ1) is 21.2. The molecule has 0 atom stereocenters. The van der Waals surface area contributed by atoms with Crippen molar-refractivity contribution in [2.24, 2.45) is 10.7 Å². The highest BCUT2D eigenvalue weighted by atomic mass is 127. The van der Waals surface area contributed by atoms with Crippen LogP contribution in [0.1, 0.15) is 16.8 Å². The van der Waals surface area contributed by atoms with Crippen molar-refractivity contribution in [2.75, 3.05) is 12.4 Å². The lowest BCUT2D eigenvalue weighted by molar-refractivity contribution is 0.415. The van der Waals surface area contributed by atoms with E-state index in [2.05, 4.69) is 35.2 Å². The van der Waals surface area contributed by atoms with Gasteiger partial charge in [0.25, 0.3) is 0 Å². The highest BCUT2D eigenvalue weighted by Crippen LogP contribution is 2.26. The number of aryl methyl sites for hydroxylation is 2. The first-order valence-electron chi connectivity index (χ1n) is 8.27. The van der Waals surface area contributed by atoms with Gasteiger partial charge in [-0.2, -0.15) is 0 Å². The molecule has 3 aromatic rings. The van der Waals surface area contributed by atoms with E-state index in [-0.39, 0.29) is 24.0 Å². The van der Waals surface area contributed by atoms with Crippen molar-refractivity contribution in [1.29, 1.82) is 0 Å². The van der Waals surface area contributed by atoms with Crippen LogP contribution >= 0.6 is 35.3 Å². The summed E-state index contributed by atoms with van der Waals surface area (Å²) in [6.45, 7) is 4.55. The largest absolute Gasteiger partial charge is 0.497 e. The van der Waals surface area contributed by atoms with Gasteiger partial charge in [-0.25, -0.2) is 9.98 Å². The van der Waals surface area contributed by atoms with Crippen LogP contribution in [0.5, 0.6) is 5.75 Å². The van der Waals surface area contributed by atoms with E-state index in [0.717, 1.165) is 27.7 Å². The van der Waals surface area contributed by atoms with E-state index in [1.54, 1.807) is 18.4 Å². The van der Waals surface area contributed by atoms with Crippen LogP contribution in [0.4, 0.5) is 5.69 Å². The molecule has 0 saturated carbocycles. The Hall–Kier alpha value is -2.13. The highest BCUT2D eigenvalue weighted by Gasteiger charge is 2.05. The number of thiazole rings is 1. The molecule has 5 nitrogen and oxygen atoms in total. The quantitative estimate of drug-likeness (QED) is 0.298. The minimum atomic E-state index is 0. The number of anilines is 1. The van der Waals surface area contributed by atoms with Gasteiger partial charge in [-0.15, -0.1) is 35.3 Å². The summed E-state index contributed by atoms with van der Waals surface area (Å²) in [6.07, 6.45) is 0. The number of aromatic nitrogens is 1. The zero-order valence-corrected chi connectivity index (χ0v) is 18.7. The summed E-state index contributed by atoms with van der Waals surface area (Å²) in [7, 11) is 1.66. The molecule has 0 bridgehead atoms. The summed E-state index contributed by atoms with van der Waals surface area (Å²) in [5.41, 5.74) is 11.3. The van der Waals surface area contributed by atoms with Crippen molar-refractivity contribution in [3.05, 3.63) is 64.7 Å².